The van der Waals surface area contributed by atoms with Gasteiger partial charge in [-0.15, -0.1) is 0 Å². The summed E-state index contributed by atoms with van der Waals surface area (Å²) < 4.78 is 50.5. The Balaban J connectivity index is 2.12. The normalized spacial score (nSPS) is 27.1. The number of rotatable bonds is 7. The average Bonchev–Trinajstić information content (AvgIpc) is 2.59. The van der Waals surface area contributed by atoms with E-state index in [1.165, 1.54) is 33.5 Å². The van der Waals surface area contributed by atoms with Crippen molar-refractivity contribution in [3.8, 4) is 0 Å². The lowest BCUT2D eigenvalue weighted by atomic mass is 9.99. The number of methoxy groups -OCH3 is 3. The summed E-state index contributed by atoms with van der Waals surface area (Å²) in [5.41, 5.74) is 0.924. The third kappa shape index (κ3) is 4.36. The van der Waals surface area contributed by atoms with Crippen molar-refractivity contribution in [3.05, 3.63) is 29.8 Å². The van der Waals surface area contributed by atoms with Gasteiger partial charge < -0.3 is 18.9 Å². The molecule has 1 aliphatic rings. The van der Waals surface area contributed by atoms with E-state index >= 15 is 0 Å². The Hall–Kier alpha value is -1.52. The van der Waals surface area contributed by atoms with Crippen molar-refractivity contribution in [2.45, 2.75) is 36.2 Å². The first-order valence-corrected chi connectivity index (χ1v) is 9.00. The lowest BCUT2D eigenvalue weighted by Gasteiger charge is -2.39. The van der Waals surface area contributed by atoms with E-state index < -0.39 is 47.1 Å². The van der Waals surface area contributed by atoms with E-state index in [1.807, 2.05) is 6.92 Å². The Morgan fingerprint density at radius 2 is 1.60 bits per heavy atom. The summed E-state index contributed by atoms with van der Waals surface area (Å²) in [6.45, 7) is 1.45. The van der Waals surface area contributed by atoms with E-state index in [9.17, 15) is 13.2 Å². The molecule has 1 heterocycles. The molecule has 4 atom stereocenters. The summed E-state index contributed by atoms with van der Waals surface area (Å²) >= 11 is 0. The Morgan fingerprint density at radius 1 is 1.00 bits per heavy atom. The molecule has 1 aliphatic heterocycles. The van der Waals surface area contributed by atoms with Gasteiger partial charge in [-0.25, -0.2) is 4.79 Å². The van der Waals surface area contributed by atoms with Gasteiger partial charge in [0.2, 0.25) is 0 Å². The van der Waals surface area contributed by atoms with E-state index in [2.05, 4.69) is 0 Å². The number of ether oxygens (including phenoxy) is 4. The van der Waals surface area contributed by atoms with Crippen LogP contribution in [0.4, 0.5) is 0 Å². The van der Waals surface area contributed by atoms with E-state index in [-0.39, 0.29) is 4.90 Å². The molecule has 0 radical (unpaired) electrons. The van der Waals surface area contributed by atoms with Crippen LogP contribution in [0.5, 0.6) is 0 Å². The van der Waals surface area contributed by atoms with Crippen LogP contribution in [-0.4, -0.2) is 66.7 Å². The Kier molecular flexibility index (Phi) is 6.53. The number of benzene rings is 1. The molecule has 0 unspecified atom stereocenters. The number of hydrogen-bond acceptors (Lipinski definition) is 8. The summed E-state index contributed by atoms with van der Waals surface area (Å²) in [5.74, 6) is -0.663. The van der Waals surface area contributed by atoms with Gasteiger partial charge in [0, 0.05) is 21.3 Å². The predicted octanol–water partition coefficient (Wildman–Crippen LogP) is 0.671. The van der Waals surface area contributed by atoms with Crippen LogP contribution in [0.25, 0.3) is 0 Å². The fourth-order valence-electron chi connectivity index (χ4n) is 2.63. The molecule has 1 aromatic rings. The lowest BCUT2D eigenvalue weighted by molar-refractivity contribution is -0.218. The van der Waals surface area contributed by atoms with Crippen molar-refractivity contribution >= 4 is 16.1 Å². The fraction of sp³-hybridized carbons (Fsp3) is 0.562. The first-order chi connectivity index (χ1) is 11.8. The van der Waals surface area contributed by atoms with Crippen molar-refractivity contribution in [1.29, 1.82) is 0 Å². The molecular formula is C16H22O8S. The third-order valence-corrected chi connectivity index (χ3v) is 5.28. The quantitative estimate of drug-likeness (QED) is 0.507. The SMILES string of the molecule is CO[C@@H]1[C@H](OC)[C@H](COS(=O)(=O)c2ccc(C)cc2)OC(=O)[C@H]1OC. The third-order valence-electron chi connectivity index (χ3n) is 3.98. The highest BCUT2D eigenvalue weighted by Gasteiger charge is 2.47. The highest BCUT2D eigenvalue weighted by molar-refractivity contribution is 7.86. The molecule has 8 nitrogen and oxygen atoms in total. The molecule has 2 rings (SSSR count). The highest BCUT2D eigenvalue weighted by Crippen LogP contribution is 2.25. The van der Waals surface area contributed by atoms with Crippen molar-refractivity contribution < 1.29 is 36.3 Å². The maximum Gasteiger partial charge on any atom is 0.338 e. The first kappa shape index (κ1) is 19.8. The van der Waals surface area contributed by atoms with Crippen LogP contribution in [0.15, 0.2) is 29.2 Å². The van der Waals surface area contributed by atoms with E-state index in [4.69, 9.17) is 23.1 Å². The monoisotopic (exact) mass is 374 g/mol. The highest BCUT2D eigenvalue weighted by atomic mass is 32.2. The van der Waals surface area contributed by atoms with Gasteiger partial charge in [-0.3, -0.25) is 4.18 Å². The van der Waals surface area contributed by atoms with Crippen LogP contribution in [0.1, 0.15) is 5.56 Å². The molecule has 0 bridgehead atoms. The zero-order chi connectivity index (χ0) is 18.6. The van der Waals surface area contributed by atoms with Gasteiger partial charge in [0.05, 0.1) is 4.90 Å². The summed E-state index contributed by atoms with van der Waals surface area (Å²) in [6, 6.07) is 6.23. The maximum absolute atomic E-state index is 12.3. The second-order valence-corrected chi connectivity index (χ2v) is 7.20. The molecule has 0 aliphatic carbocycles. The minimum Gasteiger partial charge on any atom is -0.455 e. The van der Waals surface area contributed by atoms with Crippen LogP contribution in [0.2, 0.25) is 0 Å². The standard InChI is InChI=1S/C16H22O8S/c1-10-5-7-11(8-6-10)25(18,19)23-9-12-13(20-2)14(21-3)15(22-4)16(17)24-12/h5-8,12-15H,9H2,1-4H3/t12-,13+,14+,15-/m0/s1. The van der Waals surface area contributed by atoms with Crippen LogP contribution >= 0.6 is 0 Å². The van der Waals surface area contributed by atoms with Gasteiger partial charge in [-0.2, -0.15) is 8.42 Å². The number of hydrogen-bond donors (Lipinski definition) is 0. The number of cyclic esters (lactones) is 1. The maximum atomic E-state index is 12.3. The summed E-state index contributed by atoms with van der Waals surface area (Å²) in [5, 5.41) is 0. The largest absolute Gasteiger partial charge is 0.455 e. The van der Waals surface area contributed by atoms with E-state index in [1.54, 1.807) is 12.1 Å². The first-order valence-electron chi connectivity index (χ1n) is 7.59. The van der Waals surface area contributed by atoms with Crippen LogP contribution in [0, 0.1) is 6.92 Å². The van der Waals surface area contributed by atoms with Gasteiger partial charge in [-0.1, -0.05) is 17.7 Å². The average molecular weight is 374 g/mol. The van der Waals surface area contributed by atoms with Gasteiger partial charge >= 0.3 is 5.97 Å². The molecular weight excluding hydrogens is 352 g/mol. The Labute approximate surface area is 147 Å². The predicted molar refractivity (Wildman–Crippen MR) is 86.6 cm³/mol. The van der Waals surface area contributed by atoms with Crippen molar-refractivity contribution in [1.82, 2.24) is 0 Å². The zero-order valence-corrected chi connectivity index (χ0v) is 15.3. The van der Waals surface area contributed by atoms with E-state index in [0.29, 0.717) is 0 Å². The smallest absolute Gasteiger partial charge is 0.338 e. The topological polar surface area (TPSA) is 97.4 Å². The van der Waals surface area contributed by atoms with Crippen LogP contribution < -0.4 is 0 Å². The Bertz CT molecular complexity index is 685. The minimum atomic E-state index is -3.99. The molecule has 0 N–H and O–H groups in total. The fourth-order valence-corrected chi connectivity index (χ4v) is 3.55. The molecule has 9 heteroatoms. The zero-order valence-electron chi connectivity index (χ0n) is 14.5. The van der Waals surface area contributed by atoms with Crippen molar-refractivity contribution in [3.63, 3.8) is 0 Å². The molecule has 1 saturated heterocycles. The van der Waals surface area contributed by atoms with Gasteiger partial charge in [0.25, 0.3) is 10.1 Å². The molecule has 0 saturated carbocycles. The van der Waals surface area contributed by atoms with Gasteiger partial charge in [-0.05, 0) is 19.1 Å². The lowest BCUT2D eigenvalue weighted by Crippen LogP contribution is -2.59. The van der Waals surface area contributed by atoms with Gasteiger partial charge in [0.1, 0.15) is 18.8 Å². The van der Waals surface area contributed by atoms with E-state index in [0.717, 1.165) is 5.56 Å². The van der Waals surface area contributed by atoms with Crippen LogP contribution in [0.3, 0.4) is 0 Å². The molecule has 1 fully saturated rings. The molecule has 1 aromatic carbocycles. The summed E-state index contributed by atoms with van der Waals surface area (Å²) in [7, 11) is 0.175. The van der Waals surface area contributed by atoms with Crippen molar-refractivity contribution in [2.24, 2.45) is 0 Å². The molecule has 0 amide bonds. The molecule has 0 spiro atoms. The second kappa shape index (κ2) is 8.24. The molecule has 25 heavy (non-hydrogen) atoms. The number of aryl methyl sites for hydroxylation is 1. The Morgan fingerprint density at radius 3 is 2.12 bits per heavy atom. The van der Waals surface area contributed by atoms with Crippen LogP contribution in [-0.2, 0) is 38.0 Å². The molecule has 140 valence electrons. The van der Waals surface area contributed by atoms with Gasteiger partial charge in [0.15, 0.2) is 12.2 Å². The molecule has 0 aromatic heterocycles. The summed E-state index contributed by atoms with van der Waals surface area (Å²) in [6.07, 6.45) is -3.39. The minimum absolute atomic E-state index is 0.0206. The number of esters is 1. The number of carbonyl (C=O) groups excluding carboxylic acids is 1. The summed E-state index contributed by atoms with van der Waals surface area (Å²) in [4.78, 5) is 12.0. The second-order valence-electron chi connectivity index (χ2n) is 5.58. The van der Waals surface area contributed by atoms with Crippen molar-refractivity contribution in [2.75, 3.05) is 27.9 Å². The number of carbonyl (C=O) groups is 1.